The van der Waals surface area contributed by atoms with E-state index >= 15 is 0 Å². The molecule has 0 N–H and O–H groups in total. The third kappa shape index (κ3) is 8.90. The third-order valence-electron chi connectivity index (χ3n) is 8.30. The number of pyridine rings is 2. The monoisotopic (exact) mass is 900 g/mol. The van der Waals surface area contributed by atoms with Gasteiger partial charge >= 0.3 is 120 Å². The quantitative estimate of drug-likeness (QED) is 0.123. The van der Waals surface area contributed by atoms with Gasteiger partial charge in [0.05, 0.1) is 5.58 Å². The van der Waals surface area contributed by atoms with Gasteiger partial charge in [-0.25, -0.2) is 0 Å². The predicted octanol–water partition coefficient (Wildman–Crippen LogP) is 11.9. The van der Waals surface area contributed by atoms with Crippen LogP contribution in [0, 0.1) is 17.5 Å². The summed E-state index contributed by atoms with van der Waals surface area (Å²) in [7, 11) is 0. The molecule has 3 aromatic heterocycles. The molecule has 257 valence electrons. The molecular weight excluding hydrogens is 849 g/mol. The molecule has 0 saturated carbocycles. The topological polar surface area (TPSA) is 38.9 Å². The second-order valence-electron chi connectivity index (χ2n) is 14.7. The molecule has 3 nitrogen and oxygen atoms in total. The van der Waals surface area contributed by atoms with Crippen molar-refractivity contribution in [2.45, 2.75) is 64.2 Å². The average Bonchev–Trinajstić information content (AvgIpc) is 3.48. The van der Waals surface area contributed by atoms with Crippen molar-refractivity contribution in [1.29, 1.82) is 0 Å². The molecule has 0 aliphatic rings. The molecule has 50 heavy (non-hydrogen) atoms. The molecule has 0 atom stereocenters. The first kappa shape index (κ1) is 33.3. The van der Waals surface area contributed by atoms with Gasteiger partial charge in [0.2, 0.25) is 0 Å². The molecule has 0 aliphatic carbocycles. The Kier molecular flexibility index (Phi) is 10.4. The van der Waals surface area contributed by atoms with Gasteiger partial charge < -0.3 is 9.40 Å². The van der Waals surface area contributed by atoms with E-state index < -0.39 is 30.9 Å². The smallest absolute Gasteiger partial charge is 0.121 e. The Morgan fingerprint density at radius 3 is 2.18 bits per heavy atom. The fourth-order valence-electron chi connectivity index (χ4n) is 5.93. The SMILES string of the molecule is [2H]C(C)(C)c1cc(-c2[c-]cccc2)nc[c]1[Ge]([CH3])([CH3])[CH3].[2H]C([2H])(c1ccnc(-c2[c-]cc3oc4ccc(-c5ccccc5)cc4c3c2)c1)C(C)(C)C.[Ir]. The van der Waals surface area contributed by atoms with Crippen LogP contribution in [0.4, 0.5) is 0 Å². The van der Waals surface area contributed by atoms with E-state index in [9.17, 15) is 0 Å². The van der Waals surface area contributed by atoms with Crippen LogP contribution >= 0.6 is 0 Å². The minimum atomic E-state index is -2.03. The fraction of sp³-hybridized carbons (Fsp3) is 0.244. The molecule has 5 heteroatoms. The van der Waals surface area contributed by atoms with Crippen molar-refractivity contribution in [3.8, 4) is 33.6 Å². The maximum Gasteiger partial charge on any atom is 0.121 e. The van der Waals surface area contributed by atoms with Crippen molar-refractivity contribution in [2.75, 3.05) is 0 Å². The molecule has 0 fully saturated rings. The van der Waals surface area contributed by atoms with Crippen LogP contribution in [0.5, 0.6) is 0 Å². The molecule has 7 aromatic rings. The van der Waals surface area contributed by atoms with Gasteiger partial charge in [-0.1, -0.05) is 74.2 Å². The molecule has 0 bridgehead atoms. The summed E-state index contributed by atoms with van der Waals surface area (Å²) < 4.78 is 33.0. The molecule has 0 spiro atoms. The summed E-state index contributed by atoms with van der Waals surface area (Å²) in [4.78, 5) is 9.13. The van der Waals surface area contributed by atoms with Gasteiger partial charge in [-0.3, -0.25) is 0 Å². The van der Waals surface area contributed by atoms with Crippen LogP contribution in [0.3, 0.4) is 0 Å². The van der Waals surface area contributed by atoms with Crippen LogP contribution in [0.2, 0.25) is 17.3 Å². The van der Waals surface area contributed by atoms with Crippen LogP contribution in [0.1, 0.15) is 55.8 Å². The summed E-state index contributed by atoms with van der Waals surface area (Å²) in [5.74, 6) is 6.45. The first-order valence-electron chi connectivity index (χ1n) is 18.3. The van der Waals surface area contributed by atoms with Crippen LogP contribution < -0.4 is 4.40 Å². The Morgan fingerprint density at radius 2 is 1.50 bits per heavy atom. The third-order valence-corrected chi connectivity index (χ3v) is 12.5. The molecule has 0 saturated heterocycles. The second-order valence-corrected chi connectivity index (χ2v) is 25.3. The Morgan fingerprint density at radius 1 is 0.780 bits per heavy atom. The normalized spacial score (nSPS) is 13.1. The minimum Gasteiger partial charge on any atom is -0.500 e. The predicted molar refractivity (Wildman–Crippen MR) is 210 cm³/mol. The van der Waals surface area contributed by atoms with Crippen molar-refractivity contribution in [3.63, 3.8) is 0 Å². The van der Waals surface area contributed by atoms with Gasteiger partial charge in [0.1, 0.15) is 5.58 Å². The first-order valence-corrected chi connectivity index (χ1v) is 24.2. The number of rotatable bonds is 6. The van der Waals surface area contributed by atoms with Crippen LogP contribution in [0.15, 0.2) is 120 Å². The molecule has 4 aromatic carbocycles. The van der Waals surface area contributed by atoms with E-state index in [1.165, 1.54) is 4.40 Å². The van der Waals surface area contributed by atoms with E-state index in [1.807, 2.05) is 108 Å². The van der Waals surface area contributed by atoms with Gasteiger partial charge in [0, 0.05) is 34.4 Å². The Labute approximate surface area is 318 Å². The number of hydrogen-bond donors (Lipinski definition) is 0. The van der Waals surface area contributed by atoms with Crippen LogP contribution in [-0.2, 0) is 26.5 Å². The zero-order valence-electron chi connectivity index (χ0n) is 33.1. The van der Waals surface area contributed by atoms with Gasteiger partial charge in [-0.05, 0) is 46.8 Å². The van der Waals surface area contributed by atoms with Gasteiger partial charge in [-0.15, -0.1) is 23.8 Å². The summed E-state index contributed by atoms with van der Waals surface area (Å²) in [6.07, 6.45) is 2.19. The molecule has 1 radical (unpaired) electrons. The summed E-state index contributed by atoms with van der Waals surface area (Å²) >= 11 is -2.03. The van der Waals surface area contributed by atoms with Crippen molar-refractivity contribution < 1.29 is 28.6 Å². The molecule has 7 rings (SSSR count). The van der Waals surface area contributed by atoms with Gasteiger partial charge in [0.25, 0.3) is 0 Å². The second kappa shape index (κ2) is 15.6. The Bertz CT molecular complexity index is 2340. The molecular formula is C45H46GeIrN2O-2. The van der Waals surface area contributed by atoms with Crippen molar-refractivity contribution in [1.82, 2.24) is 9.97 Å². The van der Waals surface area contributed by atoms with E-state index in [0.717, 1.165) is 55.4 Å². The number of fused-ring (bicyclic) bond motifs is 3. The number of furan rings is 1. The summed E-state index contributed by atoms with van der Waals surface area (Å²) in [6.45, 7) is 9.64. The van der Waals surface area contributed by atoms with E-state index in [1.54, 1.807) is 12.3 Å². The first-order chi connectivity index (χ1) is 24.4. The van der Waals surface area contributed by atoms with Crippen LogP contribution in [-0.4, -0.2) is 23.2 Å². The average molecular weight is 899 g/mol. The van der Waals surface area contributed by atoms with E-state index in [-0.39, 0.29) is 20.1 Å². The Balaban J connectivity index is 0.000000223. The molecule has 0 unspecified atom stereocenters. The maximum absolute atomic E-state index is 8.61. The van der Waals surface area contributed by atoms with Crippen molar-refractivity contribution >= 4 is 39.6 Å². The number of nitrogens with zero attached hydrogens (tertiary/aromatic N) is 2. The van der Waals surface area contributed by atoms with E-state index in [2.05, 4.69) is 69.7 Å². The van der Waals surface area contributed by atoms with Crippen molar-refractivity contribution in [3.05, 3.63) is 139 Å². The zero-order chi connectivity index (χ0) is 37.5. The fourth-order valence-corrected chi connectivity index (χ4v) is 9.25. The van der Waals surface area contributed by atoms with Gasteiger partial charge in [0.15, 0.2) is 0 Å². The summed E-state index contributed by atoms with van der Waals surface area (Å²) in [6, 6.07) is 40.4. The van der Waals surface area contributed by atoms with Crippen molar-refractivity contribution in [2.24, 2.45) is 5.41 Å². The Hall–Kier alpha value is -3.83. The minimum absolute atomic E-state index is 0. The number of aromatic nitrogens is 2. The molecule has 0 amide bonds. The van der Waals surface area contributed by atoms with Crippen LogP contribution in [0.25, 0.3) is 55.6 Å². The summed E-state index contributed by atoms with van der Waals surface area (Å²) in [5.41, 5.74) is 8.52. The number of benzene rings is 4. The zero-order valence-corrected chi connectivity index (χ0v) is 34.6. The molecule has 0 aliphatic heterocycles. The molecule has 3 heterocycles. The van der Waals surface area contributed by atoms with E-state index in [0.29, 0.717) is 11.3 Å². The standard InChI is InChI=1S/C28H24NO.C17H22GeN.Ir/c1-28(2,3)18-19-13-14-29-25(15-19)22-10-12-27-24(17-22)23-16-21(9-11-26(23)30-27)20-7-5-4-6-8-20;1-13(2)15-11-17(14-9-7-6-8-10-14)19-12-16(15)18(3,4)5;/h4-9,11-17H,18H2,1-3H3;6-9,11-13H,1-5H3;/q2*-1;/i18D2;13D;. The summed E-state index contributed by atoms with van der Waals surface area (Å²) in [5, 5.41) is 2.04. The largest absolute Gasteiger partial charge is 0.500 e. The van der Waals surface area contributed by atoms with E-state index in [4.69, 9.17) is 8.53 Å². The maximum atomic E-state index is 8.61. The van der Waals surface area contributed by atoms with Gasteiger partial charge in [-0.2, -0.15) is 0 Å². The number of hydrogen-bond acceptors (Lipinski definition) is 3.